The minimum absolute atomic E-state index is 0.581. The van der Waals surface area contributed by atoms with Crippen molar-refractivity contribution in [2.24, 2.45) is 5.92 Å². The van der Waals surface area contributed by atoms with Crippen LogP contribution in [-0.2, 0) is 6.42 Å². The van der Waals surface area contributed by atoms with E-state index in [1.54, 1.807) is 0 Å². The van der Waals surface area contributed by atoms with Crippen molar-refractivity contribution in [3.63, 3.8) is 0 Å². The van der Waals surface area contributed by atoms with E-state index in [-0.39, 0.29) is 0 Å². The lowest BCUT2D eigenvalue weighted by atomic mass is 9.77. The number of anilines is 1. The Labute approximate surface area is 201 Å². The van der Waals surface area contributed by atoms with E-state index in [4.69, 9.17) is 9.84 Å². The first kappa shape index (κ1) is 21.2. The van der Waals surface area contributed by atoms with Gasteiger partial charge in [-0.1, -0.05) is 24.3 Å². The van der Waals surface area contributed by atoms with Crippen LogP contribution in [-0.4, -0.2) is 34.5 Å². The smallest absolute Gasteiger partial charge is 0.161 e. The van der Waals surface area contributed by atoms with Gasteiger partial charge in [0, 0.05) is 46.9 Å². The largest absolute Gasteiger partial charge is 0.494 e. The van der Waals surface area contributed by atoms with Crippen LogP contribution >= 0.6 is 0 Å². The summed E-state index contributed by atoms with van der Waals surface area (Å²) in [5.41, 5.74) is 7.64. The molecule has 2 aromatic heterocycles. The summed E-state index contributed by atoms with van der Waals surface area (Å²) in [6.07, 6.45) is 2.44. The van der Waals surface area contributed by atoms with E-state index in [0.717, 1.165) is 36.0 Å². The van der Waals surface area contributed by atoms with Gasteiger partial charge in [0.05, 0.1) is 12.3 Å². The first-order chi connectivity index (χ1) is 16.6. The number of ether oxygens (including phenoxy) is 1. The number of nitrogens with zero attached hydrogens (tertiary/aromatic N) is 4. The highest BCUT2D eigenvalue weighted by atomic mass is 16.5. The molecule has 34 heavy (non-hydrogen) atoms. The van der Waals surface area contributed by atoms with E-state index in [2.05, 4.69) is 83.9 Å². The predicted molar refractivity (Wildman–Crippen MR) is 137 cm³/mol. The molecule has 4 aromatic rings. The molecule has 0 N–H and O–H groups in total. The van der Waals surface area contributed by atoms with Crippen LogP contribution < -0.4 is 9.64 Å². The maximum atomic E-state index is 5.66. The number of hydrogen-bond donors (Lipinski definition) is 0. The van der Waals surface area contributed by atoms with Gasteiger partial charge < -0.3 is 14.2 Å². The monoisotopic (exact) mass is 452 g/mol. The second kappa shape index (κ2) is 8.15. The molecule has 6 rings (SSSR count). The van der Waals surface area contributed by atoms with Gasteiger partial charge in [0.25, 0.3) is 0 Å². The van der Waals surface area contributed by atoms with Crippen LogP contribution in [0.1, 0.15) is 47.5 Å². The number of fused-ring (bicyclic) bond motifs is 4. The van der Waals surface area contributed by atoms with Crippen LogP contribution in [0.5, 0.6) is 5.75 Å². The Morgan fingerprint density at radius 3 is 2.47 bits per heavy atom. The highest BCUT2D eigenvalue weighted by Gasteiger charge is 2.39. The average Bonchev–Trinajstić information content (AvgIpc) is 3.40. The molecule has 2 atom stereocenters. The summed E-state index contributed by atoms with van der Waals surface area (Å²) in [5, 5.41) is 11.9. The Kier molecular flexibility index (Phi) is 5.09. The molecule has 0 spiro atoms. The van der Waals surface area contributed by atoms with Crippen molar-refractivity contribution >= 4 is 16.6 Å². The van der Waals surface area contributed by atoms with Gasteiger partial charge in [0.2, 0.25) is 0 Å². The molecule has 0 amide bonds. The zero-order valence-electron chi connectivity index (χ0n) is 20.5. The van der Waals surface area contributed by atoms with E-state index in [1.165, 1.54) is 46.1 Å². The predicted octanol–water partition coefficient (Wildman–Crippen LogP) is 5.91. The minimum atomic E-state index is 0.581. The van der Waals surface area contributed by atoms with Gasteiger partial charge >= 0.3 is 0 Å². The first-order valence-corrected chi connectivity index (χ1v) is 12.5. The summed E-state index contributed by atoms with van der Waals surface area (Å²) in [7, 11) is 0. The highest BCUT2D eigenvalue weighted by molar-refractivity contribution is 5.99. The van der Waals surface area contributed by atoms with Crippen molar-refractivity contribution in [3.8, 4) is 11.4 Å². The lowest BCUT2D eigenvalue weighted by Gasteiger charge is -2.26. The Hall–Kier alpha value is -3.34. The molecule has 1 aliphatic carbocycles. The summed E-state index contributed by atoms with van der Waals surface area (Å²) in [6, 6.07) is 17.4. The lowest BCUT2D eigenvalue weighted by Crippen LogP contribution is -2.22. The second-order valence-electron chi connectivity index (χ2n) is 9.80. The van der Waals surface area contributed by atoms with Gasteiger partial charge in [-0.25, -0.2) is 0 Å². The van der Waals surface area contributed by atoms with E-state index in [0.29, 0.717) is 18.4 Å². The molecule has 2 aromatic carbocycles. The number of aromatic nitrogens is 3. The maximum Gasteiger partial charge on any atom is 0.161 e. The topological polar surface area (TPSA) is 43.2 Å². The van der Waals surface area contributed by atoms with Crippen LogP contribution in [0.25, 0.3) is 16.5 Å². The molecule has 0 radical (unpaired) electrons. The van der Waals surface area contributed by atoms with Crippen molar-refractivity contribution in [2.75, 3.05) is 24.6 Å². The third-order valence-corrected chi connectivity index (χ3v) is 7.91. The Bertz CT molecular complexity index is 1370. The molecule has 174 valence electrons. The van der Waals surface area contributed by atoms with Crippen molar-refractivity contribution in [3.05, 3.63) is 76.7 Å². The standard InChI is InChI=1S/C29H32N4O/c1-5-34-24-14-12-23(13-15-24)33-19(3)27-18(2)30-31-29(28(27)20(33)4)32-16-22-11-10-21-8-6-7-9-25(21)26(22)17-32/h6-9,12-15,22,26H,5,10-11,16-17H2,1-4H3/t22-,26+/m0/s1. The molecule has 1 aliphatic heterocycles. The molecular weight excluding hydrogens is 420 g/mol. The van der Waals surface area contributed by atoms with E-state index in [1.807, 2.05) is 6.92 Å². The molecule has 0 saturated carbocycles. The van der Waals surface area contributed by atoms with Crippen molar-refractivity contribution in [1.82, 2.24) is 14.8 Å². The van der Waals surface area contributed by atoms with Gasteiger partial charge in [-0.15, -0.1) is 5.10 Å². The minimum Gasteiger partial charge on any atom is -0.494 e. The number of benzene rings is 2. The van der Waals surface area contributed by atoms with Crippen LogP contribution in [0.15, 0.2) is 48.5 Å². The SMILES string of the molecule is CCOc1ccc(-n2c(C)c3c(C)nnc(N4C[C@@H]5CCc6ccccc6[C@@H]5C4)c3c2C)cc1. The average molecular weight is 453 g/mol. The summed E-state index contributed by atoms with van der Waals surface area (Å²) < 4.78 is 8.00. The van der Waals surface area contributed by atoms with Crippen LogP contribution in [0, 0.1) is 26.7 Å². The lowest BCUT2D eigenvalue weighted by molar-refractivity contribution is 0.340. The Balaban J connectivity index is 1.44. The van der Waals surface area contributed by atoms with Crippen molar-refractivity contribution in [2.45, 2.75) is 46.5 Å². The Morgan fingerprint density at radius 1 is 0.912 bits per heavy atom. The molecule has 1 saturated heterocycles. The zero-order chi connectivity index (χ0) is 23.4. The van der Waals surface area contributed by atoms with E-state index >= 15 is 0 Å². The quantitative estimate of drug-likeness (QED) is 0.386. The third-order valence-electron chi connectivity index (χ3n) is 7.91. The maximum absolute atomic E-state index is 5.66. The molecule has 5 nitrogen and oxygen atoms in total. The van der Waals surface area contributed by atoms with Gasteiger partial charge in [-0.05, 0) is 81.8 Å². The number of rotatable bonds is 4. The molecule has 3 heterocycles. The summed E-state index contributed by atoms with van der Waals surface area (Å²) in [4.78, 5) is 2.50. The Morgan fingerprint density at radius 2 is 1.68 bits per heavy atom. The summed E-state index contributed by atoms with van der Waals surface area (Å²) >= 11 is 0. The fraction of sp³-hybridized carbons (Fsp3) is 0.379. The van der Waals surface area contributed by atoms with Gasteiger partial charge in [0.15, 0.2) is 5.82 Å². The number of hydrogen-bond acceptors (Lipinski definition) is 4. The second-order valence-corrected chi connectivity index (χ2v) is 9.80. The summed E-state index contributed by atoms with van der Waals surface area (Å²) in [5.74, 6) is 3.21. The van der Waals surface area contributed by atoms with Gasteiger partial charge in [-0.3, -0.25) is 0 Å². The van der Waals surface area contributed by atoms with Crippen LogP contribution in [0.2, 0.25) is 0 Å². The fourth-order valence-corrected chi connectivity index (χ4v) is 6.40. The molecule has 2 aliphatic rings. The van der Waals surface area contributed by atoms with Crippen LogP contribution in [0.3, 0.4) is 0 Å². The fourth-order valence-electron chi connectivity index (χ4n) is 6.40. The van der Waals surface area contributed by atoms with Crippen molar-refractivity contribution in [1.29, 1.82) is 0 Å². The van der Waals surface area contributed by atoms with E-state index < -0.39 is 0 Å². The molecule has 0 bridgehead atoms. The van der Waals surface area contributed by atoms with E-state index in [9.17, 15) is 0 Å². The molecule has 0 unspecified atom stereocenters. The molecular formula is C29H32N4O. The number of aryl methyl sites for hydroxylation is 4. The van der Waals surface area contributed by atoms with Crippen LogP contribution in [0.4, 0.5) is 5.82 Å². The summed E-state index contributed by atoms with van der Waals surface area (Å²) in [6.45, 7) is 11.2. The first-order valence-electron chi connectivity index (χ1n) is 12.5. The van der Waals surface area contributed by atoms with Gasteiger partial charge in [0.1, 0.15) is 5.75 Å². The third kappa shape index (κ3) is 3.21. The highest BCUT2D eigenvalue weighted by Crippen LogP contribution is 2.44. The molecule has 5 heteroatoms. The van der Waals surface area contributed by atoms with Crippen molar-refractivity contribution < 1.29 is 4.74 Å². The van der Waals surface area contributed by atoms with Gasteiger partial charge in [-0.2, -0.15) is 5.10 Å². The zero-order valence-corrected chi connectivity index (χ0v) is 20.5. The molecule has 1 fully saturated rings. The normalized spacial score (nSPS) is 19.4.